The maximum absolute atomic E-state index is 13.3. The van der Waals surface area contributed by atoms with Crippen molar-refractivity contribution in [2.45, 2.75) is 26.7 Å². The molecular weight excluding hydrogens is 285 g/mol. The summed E-state index contributed by atoms with van der Waals surface area (Å²) in [5, 5.41) is 4.57. The van der Waals surface area contributed by atoms with E-state index in [2.05, 4.69) is 5.32 Å². The summed E-state index contributed by atoms with van der Waals surface area (Å²) in [6, 6.07) is 1.58. The van der Waals surface area contributed by atoms with Crippen molar-refractivity contribution in [1.29, 1.82) is 0 Å². The fraction of sp³-hybridized carbons (Fsp3) is 0.429. The molecule has 1 aromatic carbocycles. The van der Waals surface area contributed by atoms with Gasteiger partial charge in [0.2, 0.25) is 11.8 Å². The van der Waals surface area contributed by atoms with Crippen LogP contribution in [0.1, 0.15) is 26.7 Å². The Bertz CT molecular complexity index is 533. The van der Waals surface area contributed by atoms with Gasteiger partial charge in [-0.25, -0.2) is 13.2 Å². The van der Waals surface area contributed by atoms with Gasteiger partial charge in [-0.3, -0.25) is 9.59 Å². The number of anilines is 1. The van der Waals surface area contributed by atoms with Gasteiger partial charge >= 0.3 is 0 Å². The Morgan fingerprint density at radius 3 is 2.38 bits per heavy atom. The molecule has 0 aromatic heterocycles. The van der Waals surface area contributed by atoms with E-state index < -0.39 is 41.4 Å². The summed E-state index contributed by atoms with van der Waals surface area (Å²) in [6.45, 7) is 4.42. The Labute approximate surface area is 120 Å². The Morgan fingerprint density at radius 1 is 1.10 bits per heavy atom. The highest BCUT2D eigenvalue weighted by Crippen LogP contribution is 2.19. The first-order valence-electron chi connectivity index (χ1n) is 6.51. The number of nitrogens with one attached hydrogen (secondary N) is 2. The van der Waals surface area contributed by atoms with E-state index in [0.717, 1.165) is 12.5 Å². The summed E-state index contributed by atoms with van der Waals surface area (Å²) in [7, 11) is 0. The first kappa shape index (κ1) is 17.0. The van der Waals surface area contributed by atoms with Gasteiger partial charge in [-0.05, 0) is 24.5 Å². The van der Waals surface area contributed by atoms with Gasteiger partial charge in [-0.2, -0.15) is 0 Å². The minimum atomic E-state index is -1.67. The van der Waals surface area contributed by atoms with Gasteiger partial charge in [0.1, 0.15) is 6.42 Å². The smallest absolute Gasteiger partial charge is 0.233 e. The lowest BCUT2D eigenvalue weighted by Crippen LogP contribution is -2.29. The molecule has 0 bridgehead atoms. The first-order chi connectivity index (χ1) is 9.81. The van der Waals surface area contributed by atoms with Crippen LogP contribution in [0.3, 0.4) is 0 Å². The monoisotopic (exact) mass is 302 g/mol. The van der Waals surface area contributed by atoms with Gasteiger partial charge in [-0.15, -0.1) is 0 Å². The lowest BCUT2D eigenvalue weighted by molar-refractivity contribution is -0.126. The molecular formula is C14H17F3N2O2. The van der Waals surface area contributed by atoms with Crippen molar-refractivity contribution in [1.82, 2.24) is 5.32 Å². The number of hydrogen-bond acceptors (Lipinski definition) is 2. The van der Waals surface area contributed by atoms with Crippen molar-refractivity contribution >= 4 is 17.5 Å². The van der Waals surface area contributed by atoms with E-state index in [1.54, 1.807) is 0 Å². The predicted molar refractivity (Wildman–Crippen MR) is 72.0 cm³/mol. The maximum Gasteiger partial charge on any atom is 0.233 e. The van der Waals surface area contributed by atoms with Crippen LogP contribution in [0.5, 0.6) is 0 Å². The van der Waals surface area contributed by atoms with E-state index in [1.807, 2.05) is 19.2 Å². The van der Waals surface area contributed by atoms with Crippen LogP contribution in [0.4, 0.5) is 18.9 Å². The van der Waals surface area contributed by atoms with Gasteiger partial charge in [-0.1, -0.05) is 13.8 Å². The fourth-order valence-electron chi connectivity index (χ4n) is 1.53. The van der Waals surface area contributed by atoms with Crippen molar-refractivity contribution in [3.63, 3.8) is 0 Å². The molecule has 2 amide bonds. The number of amides is 2. The fourth-order valence-corrected chi connectivity index (χ4v) is 1.53. The molecule has 0 unspecified atom stereocenters. The highest BCUT2D eigenvalue weighted by atomic mass is 19.2. The number of halogens is 3. The molecule has 0 aliphatic rings. The highest BCUT2D eigenvalue weighted by molar-refractivity contribution is 6.03. The van der Waals surface area contributed by atoms with Gasteiger partial charge in [0.05, 0.1) is 5.69 Å². The lowest BCUT2D eigenvalue weighted by Gasteiger charge is -2.09. The molecule has 0 fully saturated rings. The van der Waals surface area contributed by atoms with Gasteiger partial charge < -0.3 is 10.6 Å². The van der Waals surface area contributed by atoms with E-state index >= 15 is 0 Å². The zero-order valence-corrected chi connectivity index (χ0v) is 11.8. The van der Waals surface area contributed by atoms with Crippen LogP contribution in [-0.2, 0) is 9.59 Å². The molecule has 0 aliphatic heterocycles. The molecule has 2 N–H and O–H groups in total. The molecule has 7 heteroatoms. The third-order valence-electron chi connectivity index (χ3n) is 2.67. The van der Waals surface area contributed by atoms with Crippen molar-refractivity contribution in [3.8, 4) is 0 Å². The standard InChI is InChI=1S/C14H17F3N2O2/c1-8(2)5-6-18-11(20)7-12(21)19-10-4-3-9(15)13(16)14(10)17/h3-4,8H,5-7H2,1-2H3,(H,18,20)(H,19,21). The van der Waals surface area contributed by atoms with Crippen molar-refractivity contribution in [2.24, 2.45) is 5.92 Å². The Hall–Kier alpha value is -2.05. The molecule has 116 valence electrons. The summed E-state index contributed by atoms with van der Waals surface area (Å²) in [5.41, 5.74) is -0.506. The molecule has 0 saturated heterocycles. The number of carbonyl (C=O) groups excluding carboxylic acids is 2. The summed E-state index contributed by atoms with van der Waals surface area (Å²) in [5.74, 6) is -5.43. The molecule has 21 heavy (non-hydrogen) atoms. The van der Waals surface area contributed by atoms with E-state index in [0.29, 0.717) is 18.5 Å². The molecule has 0 heterocycles. The van der Waals surface area contributed by atoms with Crippen LogP contribution < -0.4 is 10.6 Å². The summed E-state index contributed by atoms with van der Waals surface area (Å²) < 4.78 is 39.0. The first-order valence-corrected chi connectivity index (χ1v) is 6.51. The molecule has 1 aromatic rings. The molecule has 0 saturated carbocycles. The third kappa shape index (κ3) is 5.45. The average Bonchev–Trinajstić information content (AvgIpc) is 2.39. The van der Waals surface area contributed by atoms with E-state index in [4.69, 9.17) is 0 Å². The van der Waals surface area contributed by atoms with Crippen LogP contribution in [0.25, 0.3) is 0 Å². The summed E-state index contributed by atoms with van der Waals surface area (Å²) >= 11 is 0. The normalized spacial score (nSPS) is 10.6. The van der Waals surface area contributed by atoms with Crippen molar-refractivity contribution in [3.05, 3.63) is 29.6 Å². The number of benzene rings is 1. The molecule has 0 atom stereocenters. The molecule has 0 spiro atoms. The molecule has 0 aliphatic carbocycles. The van der Waals surface area contributed by atoms with Crippen molar-refractivity contribution < 1.29 is 22.8 Å². The highest BCUT2D eigenvalue weighted by Gasteiger charge is 2.16. The average molecular weight is 302 g/mol. The largest absolute Gasteiger partial charge is 0.356 e. The maximum atomic E-state index is 13.3. The van der Waals surface area contributed by atoms with Gasteiger partial charge in [0.25, 0.3) is 0 Å². The van der Waals surface area contributed by atoms with Crippen LogP contribution >= 0.6 is 0 Å². The van der Waals surface area contributed by atoms with E-state index in [9.17, 15) is 22.8 Å². The zero-order chi connectivity index (χ0) is 16.0. The quantitative estimate of drug-likeness (QED) is 0.627. The Balaban J connectivity index is 2.51. The minimum absolute atomic E-state index is 0.412. The topological polar surface area (TPSA) is 58.2 Å². The summed E-state index contributed by atoms with van der Waals surface area (Å²) in [4.78, 5) is 22.9. The number of carbonyl (C=O) groups is 2. The van der Waals surface area contributed by atoms with Crippen LogP contribution in [-0.4, -0.2) is 18.4 Å². The van der Waals surface area contributed by atoms with Crippen LogP contribution in [0.15, 0.2) is 12.1 Å². The zero-order valence-electron chi connectivity index (χ0n) is 11.8. The van der Waals surface area contributed by atoms with Gasteiger partial charge in [0.15, 0.2) is 17.5 Å². The predicted octanol–water partition coefficient (Wildman–Crippen LogP) is 2.59. The Kier molecular flexibility index (Phi) is 6.20. The molecule has 1 rings (SSSR count). The summed E-state index contributed by atoms with van der Waals surface area (Å²) in [6.07, 6.45) is 0.252. The SMILES string of the molecule is CC(C)CCNC(=O)CC(=O)Nc1ccc(F)c(F)c1F. The van der Waals surface area contributed by atoms with Crippen LogP contribution in [0, 0.1) is 23.4 Å². The minimum Gasteiger partial charge on any atom is -0.356 e. The second kappa shape index (κ2) is 7.66. The lowest BCUT2D eigenvalue weighted by atomic mass is 10.1. The Morgan fingerprint density at radius 2 is 1.76 bits per heavy atom. The second-order valence-corrected chi connectivity index (χ2v) is 4.98. The number of rotatable bonds is 6. The van der Waals surface area contributed by atoms with Crippen LogP contribution in [0.2, 0.25) is 0 Å². The van der Waals surface area contributed by atoms with E-state index in [-0.39, 0.29) is 0 Å². The second-order valence-electron chi connectivity index (χ2n) is 4.98. The third-order valence-corrected chi connectivity index (χ3v) is 2.67. The van der Waals surface area contributed by atoms with Crippen molar-refractivity contribution in [2.75, 3.05) is 11.9 Å². The van der Waals surface area contributed by atoms with Gasteiger partial charge in [0, 0.05) is 6.54 Å². The molecule has 0 radical (unpaired) electrons. The number of hydrogen-bond donors (Lipinski definition) is 2. The molecule has 4 nitrogen and oxygen atoms in total. The van der Waals surface area contributed by atoms with E-state index in [1.165, 1.54) is 0 Å².